The predicted molar refractivity (Wildman–Crippen MR) is 119 cm³/mol. The maximum Gasteiger partial charge on any atom is 0.267 e. The zero-order valence-electron chi connectivity index (χ0n) is 17.3. The van der Waals surface area contributed by atoms with Crippen LogP contribution in [-0.4, -0.2) is 45.9 Å². The van der Waals surface area contributed by atoms with Crippen molar-refractivity contribution >= 4 is 23.3 Å². The van der Waals surface area contributed by atoms with Gasteiger partial charge in [-0.2, -0.15) is 0 Å². The Morgan fingerprint density at radius 3 is 2.52 bits per heavy atom. The summed E-state index contributed by atoms with van der Waals surface area (Å²) in [6.45, 7) is 3.72. The number of carbonyl (C=O) groups excluding carboxylic acids is 2. The van der Waals surface area contributed by atoms with Gasteiger partial charge in [-0.15, -0.1) is 5.10 Å². The van der Waals surface area contributed by atoms with Crippen LogP contribution in [0.15, 0.2) is 54.6 Å². The molecule has 0 radical (unpaired) electrons. The number of amides is 2. The number of hydrogen-bond donors (Lipinski definition) is 1. The van der Waals surface area contributed by atoms with Gasteiger partial charge in [0, 0.05) is 19.6 Å². The first-order valence-corrected chi connectivity index (χ1v) is 11.1. The highest BCUT2D eigenvalue weighted by molar-refractivity contribution is 7.07. The van der Waals surface area contributed by atoms with Crippen molar-refractivity contribution in [3.63, 3.8) is 0 Å². The van der Waals surface area contributed by atoms with E-state index < -0.39 is 0 Å². The lowest BCUT2D eigenvalue weighted by atomic mass is 9.96. The summed E-state index contributed by atoms with van der Waals surface area (Å²) in [4.78, 5) is 27.9. The van der Waals surface area contributed by atoms with Crippen molar-refractivity contribution in [1.82, 2.24) is 19.8 Å². The number of piperidine rings is 1. The summed E-state index contributed by atoms with van der Waals surface area (Å²) >= 11 is 1.14. The average Bonchev–Trinajstić information content (AvgIpc) is 3.24. The van der Waals surface area contributed by atoms with Crippen molar-refractivity contribution in [1.29, 1.82) is 0 Å². The molecule has 4 rings (SSSR count). The predicted octanol–water partition coefficient (Wildman–Crippen LogP) is 3.92. The van der Waals surface area contributed by atoms with Gasteiger partial charge >= 0.3 is 0 Å². The molecule has 2 amide bonds. The van der Waals surface area contributed by atoms with Gasteiger partial charge in [-0.3, -0.25) is 9.59 Å². The molecule has 8 heteroatoms. The topological polar surface area (TPSA) is 84.4 Å². The van der Waals surface area contributed by atoms with Crippen molar-refractivity contribution < 1.29 is 14.3 Å². The third-order valence-electron chi connectivity index (χ3n) is 5.40. The van der Waals surface area contributed by atoms with Gasteiger partial charge in [-0.1, -0.05) is 34.8 Å². The maximum absolute atomic E-state index is 12.8. The Kier molecular flexibility index (Phi) is 6.57. The summed E-state index contributed by atoms with van der Waals surface area (Å²) in [5, 5.41) is 6.96. The van der Waals surface area contributed by atoms with Crippen LogP contribution >= 0.6 is 11.5 Å². The zero-order valence-corrected chi connectivity index (χ0v) is 18.1. The van der Waals surface area contributed by atoms with Gasteiger partial charge in [0.15, 0.2) is 0 Å². The Bertz CT molecular complexity index is 1050. The number of ether oxygens (including phenoxy) is 1. The highest BCUT2D eigenvalue weighted by Crippen LogP contribution is 2.25. The minimum absolute atomic E-state index is 0.00183. The van der Waals surface area contributed by atoms with Crippen molar-refractivity contribution in [2.24, 2.45) is 5.92 Å². The van der Waals surface area contributed by atoms with E-state index in [1.54, 1.807) is 19.1 Å². The summed E-state index contributed by atoms with van der Waals surface area (Å²) < 4.78 is 9.74. The fourth-order valence-corrected chi connectivity index (χ4v) is 4.23. The largest absolute Gasteiger partial charge is 0.457 e. The van der Waals surface area contributed by atoms with Crippen LogP contribution in [0.25, 0.3) is 0 Å². The van der Waals surface area contributed by atoms with Crippen LogP contribution in [0.2, 0.25) is 0 Å². The molecule has 0 unspecified atom stereocenters. The summed E-state index contributed by atoms with van der Waals surface area (Å²) in [7, 11) is 0. The van der Waals surface area contributed by atoms with Crippen LogP contribution in [0.4, 0.5) is 0 Å². The minimum atomic E-state index is -0.156. The van der Waals surface area contributed by atoms with Crippen molar-refractivity contribution in [3.05, 3.63) is 70.7 Å². The fourth-order valence-electron chi connectivity index (χ4n) is 3.60. The van der Waals surface area contributed by atoms with E-state index >= 15 is 0 Å². The van der Waals surface area contributed by atoms with Crippen LogP contribution in [0, 0.1) is 12.8 Å². The molecular formula is C23H24N4O3S. The van der Waals surface area contributed by atoms with Crippen LogP contribution < -0.4 is 10.1 Å². The Labute approximate surface area is 185 Å². The summed E-state index contributed by atoms with van der Waals surface area (Å²) in [6, 6.07) is 16.6. The second kappa shape index (κ2) is 9.70. The molecule has 0 saturated carbocycles. The van der Waals surface area contributed by atoms with Crippen molar-refractivity contribution in [3.8, 4) is 11.5 Å². The first-order chi connectivity index (χ1) is 15.1. The normalized spacial score (nSPS) is 14.3. The molecule has 0 atom stereocenters. The van der Waals surface area contributed by atoms with Gasteiger partial charge < -0.3 is 15.0 Å². The molecule has 1 fully saturated rings. The first kappa shape index (κ1) is 21.0. The third-order valence-corrected chi connectivity index (χ3v) is 6.22. The highest BCUT2D eigenvalue weighted by atomic mass is 32.1. The van der Waals surface area contributed by atoms with Crippen molar-refractivity contribution in [2.45, 2.75) is 19.8 Å². The van der Waals surface area contributed by atoms with E-state index in [1.807, 2.05) is 47.4 Å². The van der Waals surface area contributed by atoms with Gasteiger partial charge in [-0.05, 0) is 61.5 Å². The number of likely N-dealkylation sites (tertiary alicyclic amines) is 1. The van der Waals surface area contributed by atoms with Crippen LogP contribution in [0.5, 0.6) is 11.5 Å². The van der Waals surface area contributed by atoms with E-state index in [2.05, 4.69) is 14.9 Å². The lowest BCUT2D eigenvalue weighted by Gasteiger charge is -2.31. The van der Waals surface area contributed by atoms with Gasteiger partial charge in [0.2, 0.25) is 0 Å². The molecule has 3 aromatic rings. The summed E-state index contributed by atoms with van der Waals surface area (Å²) in [6.07, 6.45) is 1.69. The number of aryl methyl sites for hydroxylation is 1. The molecule has 0 aliphatic carbocycles. The Morgan fingerprint density at radius 2 is 1.81 bits per heavy atom. The van der Waals surface area contributed by atoms with Gasteiger partial charge in [0.25, 0.3) is 11.8 Å². The Hall–Kier alpha value is -3.26. The standard InChI is InChI=1S/C23H24N4O3S/c1-16-21(31-26-25-16)23(29)27-13-11-17(12-14-27)15-24-22(28)19-9-5-6-10-20(19)30-18-7-3-2-4-8-18/h2-10,17H,11-15H2,1H3,(H,24,28). The molecule has 160 valence electrons. The lowest BCUT2D eigenvalue weighted by molar-refractivity contribution is 0.0688. The van der Waals surface area contributed by atoms with Crippen LogP contribution in [0.3, 0.4) is 0 Å². The van der Waals surface area contributed by atoms with Crippen LogP contribution in [-0.2, 0) is 0 Å². The number of hydrogen-bond acceptors (Lipinski definition) is 6. The summed E-state index contributed by atoms with van der Waals surface area (Å²) in [5.74, 6) is 1.39. The van der Waals surface area contributed by atoms with Crippen molar-refractivity contribution in [2.75, 3.05) is 19.6 Å². The number of nitrogens with one attached hydrogen (secondary N) is 1. The second-order valence-corrected chi connectivity index (χ2v) is 8.30. The third kappa shape index (κ3) is 5.08. The molecule has 1 aliphatic heterocycles. The molecule has 7 nitrogen and oxygen atoms in total. The Morgan fingerprint density at radius 1 is 1.10 bits per heavy atom. The molecule has 1 N–H and O–H groups in total. The number of nitrogens with zero attached hydrogens (tertiary/aromatic N) is 3. The zero-order chi connectivity index (χ0) is 21.6. The van der Waals surface area contributed by atoms with Gasteiger partial charge in [0.1, 0.15) is 16.4 Å². The van der Waals surface area contributed by atoms with Gasteiger partial charge in [0.05, 0.1) is 11.3 Å². The van der Waals surface area contributed by atoms with E-state index in [1.165, 1.54) is 0 Å². The van der Waals surface area contributed by atoms with Crippen LogP contribution in [0.1, 0.15) is 38.6 Å². The smallest absolute Gasteiger partial charge is 0.267 e. The average molecular weight is 437 g/mol. The molecule has 0 bridgehead atoms. The molecule has 31 heavy (non-hydrogen) atoms. The quantitative estimate of drug-likeness (QED) is 0.633. The molecular weight excluding hydrogens is 412 g/mol. The highest BCUT2D eigenvalue weighted by Gasteiger charge is 2.26. The molecule has 1 aliphatic rings. The summed E-state index contributed by atoms with van der Waals surface area (Å²) in [5.41, 5.74) is 1.19. The SMILES string of the molecule is Cc1nnsc1C(=O)N1CCC(CNC(=O)c2ccccc2Oc2ccccc2)CC1. The second-order valence-electron chi connectivity index (χ2n) is 7.54. The molecule has 2 aromatic carbocycles. The number of para-hydroxylation sites is 2. The molecule has 0 spiro atoms. The minimum Gasteiger partial charge on any atom is -0.457 e. The number of benzene rings is 2. The van der Waals surface area contributed by atoms with E-state index in [0.29, 0.717) is 53.2 Å². The fraction of sp³-hybridized carbons (Fsp3) is 0.304. The van der Waals surface area contributed by atoms with E-state index in [9.17, 15) is 9.59 Å². The van der Waals surface area contributed by atoms with E-state index in [0.717, 1.165) is 24.4 Å². The van der Waals surface area contributed by atoms with E-state index in [-0.39, 0.29) is 11.8 Å². The monoisotopic (exact) mass is 436 g/mol. The number of rotatable bonds is 6. The number of carbonyl (C=O) groups is 2. The lowest BCUT2D eigenvalue weighted by Crippen LogP contribution is -2.41. The maximum atomic E-state index is 12.8. The van der Waals surface area contributed by atoms with E-state index in [4.69, 9.17) is 4.74 Å². The molecule has 1 saturated heterocycles. The first-order valence-electron chi connectivity index (χ1n) is 10.3. The molecule has 1 aromatic heterocycles. The number of aromatic nitrogens is 2. The molecule has 2 heterocycles. The Balaban J connectivity index is 1.30. The van der Waals surface area contributed by atoms with Gasteiger partial charge in [-0.25, -0.2) is 0 Å².